The number of nitrogens with one attached hydrogen (secondary N) is 1. The van der Waals surface area contributed by atoms with Crippen LogP contribution in [0.4, 0.5) is 5.13 Å². The fraction of sp³-hybridized carbons (Fsp3) is 0. The highest BCUT2D eigenvalue weighted by Crippen LogP contribution is 2.35. The number of rotatable bonds is 2. The maximum Gasteiger partial charge on any atom is 0.356 e. The molecule has 0 saturated heterocycles. The van der Waals surface area contributed by atoms with Gasteiger partial charge >= 0.3 is 5.63 Å². The highest BCUT2D eigenvalue weighted by atomic mass is 32.1. The topological polar surface area (TPSA) is 105 Å². The van der Waals surface area contributed by atoms with Gasteiger partial charge < -0.3 is 4.42 Å². The molecule has 0 amide bonds. The van der Waals surface area contributed by atoms with Gasteiger partial charge in [-0.1, -0.05) is 41.7 Å². The Morgan fingerprint density at radius 3 is 2.75 bits per heavy atom. The van der Waals surface area contributed by atoms with Gasteiger partial charge in [0.15, 0.2) is 0 Å². The van der Waals surface area contributed by atoms with E-state index in [4.69, 9.17) is 10.3 Å². The van der Waals surface area contributed by atoms with Crippen molar-refractivity contribution in [2.24, 2.45) is 5.84 Å². The summed E-state index contributed by atoms with van der Waals surface area (Å²) >= 11 is 1.23. The number of hydrazine groups is 1. The second-order valence-electron chi connectivity index (χ2n) is 3.91. The Hall–Kier alpha value is -2.69. The number of hydrogen-bond donors (Lipinski definition) is 2. The lowest BCUT2D eigenvalue weighted by Gasteiger charge is -2.03. The molecular weight excluding hydrogens is 276 g/mol. The number of thiazole rings is 1. The Morgan fingerprint density at radius 2 is 2.10 bits per heavy atom. The molecule has 0 saturated carbocycles. The summed E-state index contributed by atoms with van der Waals surface area (Å²) in [5.41, 5.74) is 3.14. The van der Waals surface area contributed by atoms with E-state index in [1.165, 1.54) is 11.3 Å². The molecule has 7 heteroatoms. The minimum Gasteiger partial charge on any atom is -0.402 e. The average Bonchev–Trinajstić information content (AvgIpc) is 2.89. The van der Waals surface area contributed by atoms with Gasteiger partial charge in [0, 0.05) is 5.56 Å². The van der Waals surface area contributed by atoms with Gasteiger partial charge in [-0.3, -0.25) is 5.43 Å². The van der Waals surface area contributed by atoms with Crippen molar-refractivity contribution in [3.05, 3.63) is 46.3 Å². The number of nitriles is 1. The number of benzene rings is 1. The molecule has 0 atom stereocenters. The van der Waals surface area contributed by atoms with Gasteiger partial charge in [0.05, 0.1) is 0 Å². The summed E-state index contributed by atoms with van der Waals surface area (Å²) in [6.45, 7) is 0. The van der Waals surface area contributed by atoms with E-state index >= 15 is 0 Å². The molecule has 0 radical (unpaired) electrons. The molecule has 0 bridgehead atoms. The largest absolute Gasteiger partial charge is 0.402 e. The van der Waals surface area contributed by atoms with Crippen molar-refractivity contribution in [1.82, 2.24) is 4.98 Å². The van der Waals surface area contributed by atoms with Crippen molar-refractivity contribution in [2.45, 2.75) is 0 Å². The average molecular weight is 284 g/mol. The van der Waals surface area contributed by atoms with E-state index in [0.29, 0.717) is 15.4 Å². The van der Waals surface area contributed by atoms with E-state index < -0.39 is 5.63 Å². The standard InChI is InChI=1S/C13H8N4O2S/c14-6-8-9(7-4-2-1-3-5-7)10-11(19-12(8)18)16-13(17-15)20-10/h1-5H,15H2,(H,16,17). The Morgan fingerprint density at radius 1 is 1.35 bits per heavy atom. The highest BCUT2D eigenvalue weighted by Gasteiger charge is 2.19. The fourth-order valence-electron chi connectivity index (χ4n) is 1.93. The summed E-state index contributed by atoms with van der Waals surface area (Å²) in [4.78, 5) is 15.9. The number of hydrogen-bond acceptors (Lipinski definition) is 7. The van der Waals surface area contributed by atoms with E-state index in [1.807, 2.05) is 36.4 Å². The van der Waals surface area contributed by atoms with Gasteiger partial charge in [0.25, 0.3) is 0 Å². The smallest absolute Gasteiger partial charge is 0.356 e. The van der Waals surface area contributed by atoms with Crippen LogP contribution in [0.25, 0.3) is 21.5 Å². The molecule has 2 aromatic heterocycles. The summed E-state index contributed by atoms with van der Waals surface area (Å²) in [5.74, 6) is 5.32. The molecule has 0 fully saturated rings. The molecule has 20 heavy (non-hydrogen) atoms. The summed E-state index contributed by atoms with van der Waals surface area (Å²) in [6, 6.07) is 11.1. The first kappa shape index (κ1) is 12.3. The first-order chi connectivity index (χ1) is 9.74. The second kappa shape index (κ2) is 4.77. The van der Waals surface area contributed by atoms with E-state index in [-0.39, 0.29) is 11.3 Å². The summed E-state index contributed by atoms with van der Waals surface area (Å²) < 4.78 is 5.67. The summed E-state index contributed by atoms with van der Waals surface area (Å²) in [5, 5.41) is 9.63. The van der Waals surface area contributed by atoms with Crippen LogP contribution in [0, 0.1) is 11.3 Å². The molecular formula is C13H8N4O2S. The zero-order chi connectivity index (χ0) is 14.1. The van der Waals surface area contributed by atoms with Crippen molar-refractivity contribution >= 4 is 26.9 Å². The number of anilines is 1. The van der Waals surface area contributed by atoms with E-state index in [2.05, 4.69) is 10.4 Å². The first-order valence-corrected chi connectivity index (χ1v) is 6.46. The van der Waals surface area contributed by atoms with Gasteiger partial charge in [-0.25, -0.2) is 10.6 Å². The van der Waals surface area contributed by atoms with Gasteiger partial charge in [-0.2, -0.15) is 10.2 Å². The Labute approximate surface area is 117 Å². The monoisotopic (exact) mass is 284 g/mol. The maximum absolute atomic E-state index is 11.9. The predicted octanol–water partition coefficient (Wildman–Crippen LogP) is 2.07. The first-order valence-electron chi connectivity index (χ1n) is 5.64. The fourth-order valence-corrected chi connectivity index (χ4v) is 2.81. The van der Waals surface area contributed by atoms with Crippen LogP contribution >= 0.6 is 11.3 Å². The quantitative estimate of drug-likeness (QED) is 0.551. The number of nitrogens with zero attached hydrogens (tertiary/aromatic N) is 2. The van der Waals surface area contributed by atoms with E-state index in [9.17, 15) is 10.1 Å². The summed E-state index contributed by atoms with van der Waals surface area (Å²) in [6.07, 6.45) is 0. The van der Waals surface area contributed by atoms with Crippen molar-refractivity contribution in [2.75, 3.05) is 5.43 Å². The van der Waals surface area contributed by atoms with Crippen LogP contribution in [-0.2, 0) is 0 Å². The lowest BCUT2D eigenvalue weighted by atomic mass is 10.0. The molecule has 1 aromatic carbocycles. The Bertz CT molecular complexity index is 877. The zero-order valence-corrected chi connectivity index (χ0v) is 10.9. The van der Waals surface area contributed by atoms with Gasteiger partial charge in [0.1, 0.15) is 16.3 Å². The minimum atomic E-state index is -0.701. The Balaban J connectivity index is 2.46. The lowest BCUT2D eigenvalue weighted by molar-refractivity contribution is 0.550. The third-order valence-corrected chi connectivity index (χ3v) is 3.75. The molecule has 6 nitrogen and oxygen atoms in total. The Kier molecular flexibility index (Phi) is 2.95. The van der Waals surface area contributed by atoms with Crippen molar-refractivity contribution in [3.8, 4) is 17.2 Å². The van der Waals surface area contributed by atoms with E-state index in [0.717, 1.165) is 5.56 Å². The number of nitrogens with two attached hydrogens (primary N) is 1. The zero-order valence-electron chi connectivity index (χ0n) is 10.1. The normalized spacial score (nSPS) is 10.4. The molecule has 0 aliphatic heterocycles. The van der Waals surface area contributed by atoms with Crippen LogP contribution in [-0.4, -0.2) is 4.98 Å². The minimum absolute atomic E-state index is 0.0316. The summed E-state index contributed by atoms with van der Waals surface area (Å²) in [7, 11) is 0. The van der Waals surface area contributed by atoms with Crippen molar-refractivity contribution in [1.29, 1.82) is 5.26 Å². The molecule has 3 N–H and O–H groups in total. The molecule has 0 aliphatic rings. The van der Waals surface area contributed by atoms with Crippen LogP contribution in [0.5, 0.6) is 0 Å². The van der Waals surface area contributed by atoms with Gasteiger partial charge in [-0.15, -0.1) is 0 Å². The molecule has 0 spiro atoms. The third kappa shape index (κ3) is 1.84. The number of fused-ring (bicyclic) bond motifs is 1. The van der Waals surface area contributed by atoms with Crippen LogP contribution in [0.3, 0.4) is 0 Å². The predicted molar refractivity (Wildman–Crippen MR) is 76.1 cm³/mol. The highest BCUT2D eigenvalue weighted by molar-refractivity contribution is 7.22. The number of aromatic nitrogens is 1. The van der Waals surface area contributed by atoms with Crippen LogP contribution in [0.1, 0.15) is 5.56 Å². The van der Waals surface area contributed by atoms with Crippen molar-refractivity contribution < 1.29 is 4.42 Å². The van der Waals surface area contributed by atoms with Gasteiger partial charge in [0.2, 0.25) is 10.8 Å². The molecule has 0 unspecified atom stereocenters. The molecule has 3 rings (SSSR count). The maximum atomic E-state index is 11.9. The van der Waals surface area contributed by atoms with Crippen molar-refractivity contribution in [3.63, 3.8) is 0 Å². The lowest BCUT2D eigenvalue weighted by Crippen LogP contribution is -2.06. The van der Waals surface area contributed by atoms with Gasteiger partial charge in [-0.05, 0) is 5.56 Å². The molecule has 98 valence electrons. The SMILES string of the molecule is N#Cc1c(-c2ccccc2)c2sc(NN)nc2oc1=O. The van der Waals surface area contributed by atoms with E-state index in [1.54, 1.807) is 0 Å². The molecule has 3 aromatic rings. The second-order valence-corrected chi connectivity index (χ2v) is 4.91. The molecule has 0 aliphatic carbocycles. The molecule has 2 heterocycles. The van der Waals surface area contributed by atoms with Crippen LogP contribution in [0.2, 0.25) is 0 Å². The third-order valence-electron chi connectivity index (χ3n) is 2.76. The number of nitrogen functional groups attached to an aromatic ring is 1. The van der Waals surface area contributed by atoms with Crippen LogP contribution in [0.15, 0.2) is 39.5 Å². The van der Waals surface area contributed by atoms with Crippen LogP contribution < -0.4 is 16.9 Å².